The minimum atomic E-state index is -1.64. The summed E-state index contributed by atoms with van der Waals surface area (Å²) in [6.45, 7) is 0. The fourth-order valence-corrected chi connectivity index (χ4v) is 1.51. The molecule has 1 rings (SSSR count). The van der Waals surface area contributed by atoms with E-state index in [9.17, 15) is 18.8 Å². The Morgan fingerprint density at radius 1 is 1.30 bits per heavy atom. The summed E-state index contributed by atoms with van der Waals surface area (Å²) in [7, 11) is 0. The van der Waals surface area contributed by atoms with Crippen LogP contribution in [0.15, 0.2) is 18.2 Å². The maximum atomic E-state index is 13.4. The summed E-state index contributed by atoms with van der Waals surface area (Å²) in [5.74, 6) is -3.73. The third-order valence-electron chi connectivity index (χ3n) is 2.18. The van der Waals surface area contributed by atoms with E-state index in [0.29, 0.717) is 0 Å². The lowest BCUT2D eigenvalue weighted by Crippen LogP contribution is -2.44. The van der Waals surface area contributed by atoms with Crippen molar-refractivity contribution in [1.82, 2.24) is 5.32 Å². The number of aliphatic carboxylic acids is 2. The SMILES string of the molecule is O=C(O)C[C@@H](NC(=O)Nc1c(F)cccc1Cl)C(=O)O. The van der Waals surface area contributed by atoms with Crippen LogP contribution in [-0.4, -0.2) is 34.2 Å². The summed E-state index contributed by atoms with van der Waals surface area (Å²) in [6.07, 6.45) is -0.812. The number of carbonyl (C=O) groups is 3. The lowest BCUT2D eigenvalue weighted by Gasteiger charge is -2.14. The number of nitrogens with one attached hydrogen (secondary N) is 2. The minimum absolute atomic E-state index is 0.0785. The second-order valence-corrected chi connectivity index (χ2v) is 4.09. The molecule has 2 amide bonds. The number of anilines is 1. The first-order valence-electron chi connectivity index (χ1n) is 5.27. The van der Waals surface area contributed by atoms with Crippen LogP contribution in [-0.2, 0) is 9.59 Å². The standard InChI is InChI=1S/C11H10ClFN2O5/c12-5-2-1-3-6(13)9(5)15-11(20)14-7(10(18)19)4-8(16)17/h1-3,7H,4H2,(H,16,17)(H,18,19)(H2,14,15,20)/t7-/m1/s1. The fraction of sp³-hybridized carbons (Fsp3) is 0.182. The van der Waals surface area contributed by atoms with E-state index in [1.807, 2.05) is 10.6 Å². The Morgan fingerprint density at radius 2 is 1.95 bits per heavy atom. The van der Waals surface area contributed by atoms with Crippen LogP contribution in [0.2, 0.25) is 5.02 Å². The summed E-state index contributed by atoms with van der Waals surface area (Å²) < 4.78 is 13.4. The lowest BCUT2D eigenvalue weighted by atomic mass is 10.2. The number of urea groups is 1. The zero-order valence-corrected chi connectivity index (χ0v) is 10.6. The highest BCUT2D eigenvalue weighted by Gasteiger charge is 2.23. The smallest absolute Gasteiger partial charge is 0.326 e. The van der Waals surface area contributed by atoms with Crippen LogP contribution in [0.3, 0.4) is 0 Å². The second-order valence-electron chi connectivity index (χ2n) is 3.68. The van der Waals surface area contributed by atoms with Gasteiger partial charge in [0.1, 0.15) is 11.9 Å². The van der Waals surface area contributed by atoms with E-state index in [4.69, 9.17) is 21.8 Å². The van der Waals surface area contributed by atoms with E-state index < -0.39 is 36.2 Å². The fourth-order valence-electron chi connectivity index (χ4n) is 1.30. The highest BCUT2D eigenvalue weighted by atomic mass is 35.5. The summed E-state index contributed by atoms with van der Waals surface area (Å²) in [5.41, 5.74) is -0.328. The van der Waals surface area contributed by atoms with Crippen LogP contribution < -0.4 is 10.6 Å². The maximum Gasteiger partial charge on any atom is 0.326 e. The van der Waals surface area contributed by atoms with E-state index in [1.54, 1.807) is 0 Å². The Morgan fingerprint density at radius 3 is 2.45 bits per heavy atom. The zero-order valence-electron chi connectivity index (χ0n) is 9.89. The molecule has 0 fully saturated rings. The molecule has 1 aromatic carbocycles. The molecule has 4 N–H and O–H groups in total. The molecule has 20 heavy (non-hydrogen) atoms. The first kappa shape index (κ1) is 15.7. The number of amides is 2. The normalized spacial score (nSPS) is 11.5. The van der Waals surface area contributed by atoms with Crippen LogP contribution in [0.4, 0.5) is 14.9 Å². The third kappa shape index (κ3) is 4.39. The lowest BCUT2D eigenvalue weighted by molar-refractivity contribution is -0.145. The van der Waals surface area contributed by atoms with Gasteiger partial charge >= 0.3 is 18.0 Å². The number of rotatable bonds is 5. The van der Waals surface area contributed by atoms with Gasteiger partial charge in [-0.25, -0.2) is 14.0 Å². The van der Waals surface area contributed by atoms with Crippen LogP contribution in [0.1, 0.15) is 6.42 Å². The molecule has 0 aliphatic heterocycles. The van der Waals surface area contributed by atoms with Gasteiger partial charge in [0, 0.05) is 0 Å². The average molecular weight is 305 g/mol. The number of halogens is 2. The van der Waals surface area contributed by atoms with Crippen LogP contribution in [0, 0.1) is 5.82 Å². The van der Waals surface area contributed by atoms with Gasteiger partial charge < -0.3 is 20.8 Å². The summed E-state index contributed by atoms with van der Waals surface area (Å²) in [5, 5.41) is 21.1. The number of benzene rings is 1. The van der Waals surface area contributed by atoms with E-state index >= 15 is 0 Å². The summed E-state index contributed by atoms with van der Waals surface area (Å²) in [4.78, 5) is 32.7. The highest BCUT2D eigenvalue weighted by molar-refractivity contribution is 6.33. The molecule has 7 nitrogen and oxygen atoms in total. The van der Waals surface area contributed by atoms with Crippen molar-refractivity contribution >= 4 is 35.3 Å². The van der Waals surface area contributed by atoms with Gasteiger partial charge in [-0.15, -0.1) is 0 Å². The molecule has 0 saturated carbocycles. The van der Waals surface area contributed by atoms with Gasteiger partial charge in [-0.05, 0) is 12.1 Å². The Hall–Kier alpha value is -2.35. The molecule has 0 bridgehead atoms. The van der Waals surface area contributed by atoms with Crippen molar-refractivity contribution in [2.45, 2.75) is 12.5 Å². The molecule has 0 aromatic heterocycles. The van der Waals surface area contributed by atoms with Crippen LogP contribution >= 0.6 is 11.6 Å². The summed E-state index contributed by atoms with van der Waals surface area (Å²) >= 11 is 5.66. The average Bonchev–Trinajstić information content (AvgIpc) is 2.32. The molecule has 0 aliphatic carbocycles. The largest absolute Gasteiger partial charge is 0.481 e. The van der Waals surface area contributed by atoms with Gasteiger partial charge in [-0.3, -0.25) is 4.79 Å². The predicted molar refractivity (Wildman–Crippen MR) is 67.2 cm³/mol. The summed E-state index contributed by atoms with van der Waals surface area (Å²) in [6, 6.07) is 0.980. The number of carboxylic acids is 2. The Kier molecular flexibility index (Phi) is 5.27. The van der Waals surface area contributed by atoms with E-state index in [0.717, 1.165) is 6.07 Å². The molecule has 0 radical (unpaired) electrons. The predicted octanol–water partition coefficient (Wildman–Crippen LogP) is 1.53. The number of hydrogen-bond acceptors (Lipinski definition) is 3. The van der Waals surface area contributed by atoms with Gasteiger partial charge in [0.05, 0.1) is 17.1 Å². The van der Waals surface area contributed by atoms with Gasteiger partial charge in [0.2, 0.25) is 0 Å². The van der Waals surface area contributed by atoms with Crippen molar-refractivity contribution < 1.29 is 29.0 Å². The van der Waals surface area contributed by atoms with Gasteiger partial charge in [0.25, 0.3) is 0 Å². The van der Waals surface area contributed by atoms with Crippen molar-refractivity contribution in [3.05, 3.63) is 29.0 Å². The van der Waals surface area contributed by atoms with E-state index in [2.05, 4.69) is 0 Å². The Bertz CT molecular complexity index is 531. The van der Waals surface area contributed by atoms with Crippen molar-refractivity contribution in [2.75, 3.05) is 5.32 Å². The van der Waals surface area contributed by atoms with E-state index in [1.165, 1.54) is 12.1 Å². The molecule has 0 spiro atoms. The number of carbonyl (C=O) groups excluding carboxylic acids is 1. The number of carboxylic acid groups (broad SMARTS) is 2. The van der Waals surface area contributed by atoms with Gasteiger partial charge in [-0.1, -0.05) is 17.7 Å². The molecule has 9 heteroatoms. The molecular formula is C11H10ClFN2O5. The number of para-hydroxylation sites is 1. The third-order valence-corrected chi connectivity index (χ3v) is 2.50. The maximum absolute atomic E-state index is 13.4. The molecule has 0 heterocycles. The van der Waals surface area contributed by atoms with Crippen LogP contribution in [0.25, 0.3) is 0 Å². The van der Waals surface area contributed by atoms with Crippen LogP contribution in [0.5, 0.6) is 0 Å². The zero-order chi connectivity index (χ0) is 15.3. The topological polar surface area (TPSA) is 116 Å². The Labute approximate surface area is 117 Å². The first-order valence-corrected chi connectivity index (χ1v) is 5.65. The monoisotopic (exact) mass is 304 g/mol. The second kappa shape index (κ2) is 6.71. The molecule has 1 atom stereocenters. The quantitative estimate of drug-likeness (QED) is 0.658. The molecule has 0 unspecified atom stereocenters. The molecule has 0 aliphatic rings. The molecule has 1 aromatic rings. The first-order chi connectivity index (χ1) is 9.31. The number of hydrogen-bond donors (Lipinski definition) is 4. The van der Waals surface area contributed by atoms with Crippen molar-refractivity contribution in [3.8, 4) is 0 Å². The van der Waals surface area contributed by atoms with Crippen molar-refractivity contribution in [2.24, 2.45) is 0 Å². The van der Waals surface area contributed by atoms with E-state index in [-0.39, 0.29) is 10.7 Å². The Balaban J connectivity index is 2.76. The van der Waals surface area contributed by atoms with Gasteiger partial charge in [-0.2, -0.15) is 0 Å². The minimum Gasteiger partial charge on any atom is -0.481 e. The highest BCUT2D eigenvalue weighted by Crippen LogP contribution is 2.24. The molecule has 0 saturated heterocycles. The van der Waals surface area contributed by atoms with Gasteiger partial charge in [0.15, 0.2) is 0 Å². The van der Waals surface area contributed by atoms with Crippen molar-refractivity contribution in [3.63, 3.8) is 0 Å². The van der Waals surface area contributed by atoms with Crippen molar-refractivity contribution in [1.29, 1.82) is 0 Å². The molecule has 108 valence electrons. The molecular weight excluding hydrogens is 295 g/mol.